The Hall–Kier alpha value is -1.90. The van der Waals surface area contributed by atoms with Crippen molar-refractivity contribution in [2.75, 3.05) is 0 Å². The van der Waals surface area contributed by atoms with Crippen LogP contribution < -0.4 is 11.1 Å². The Bertz CT molecular complexity index is 681. The van der Waals surface area contributed by atoms with Gasteiger partial charge in [0.25, 0.3) is 0 Å². The van der Waals surface area contributed by atoms with E-state index in [1.54, 1.807) is 24.3 Å². The van der Waals surface area contributed by atoms with Gasteiger partial charge in [0.2, 0.25) is 5.43 Å². The second-order valence-electron chi connectivity index (χ2n) is 2.97. The Kier molecular flexibility index (Phi) is 0.953. The van der Waals surface area contributed by atoms with E-state index < -0.39 is 5.63 Å². The summed E-state index contributed by atoms with van der Waals surface area (Å²) in [6.07, 6.45) is 0. The molecule has 3 heteroatoms. The van der Waals surface area contributed by atoms with Crippen molar-refractivity contribution >= 4 is 21.7 Å². The molecule has 1 heterocycles. The predicted octanol–water partition coefficient (Wildman–Crippen LogP) is 1.18. The van der Waals surface area contributed by atoms with Crippen molar-refractivity contribution in [2.24, 2.45) is 0 Å². The van der Waals surface area contributed by atoms with Crippen LogP contribution in [0.5, 0.6) is 0 Å². The molecule has 0 atom stereocenters. The van der Waals surface area contributed by atoms with E-state index in [9.17, 15) is 9.59 Å². The third kappa shape index (κ3) is 0.685. The van der Waals surface area contributed by atoms with Gasteiger partial charge < -0.3 is 4.42 Å². The Morgan fingerprint density at radius 2 is 1.69 bits per heavy atom. The largest absolute Gasteiger partial charge is 0.418 e. The first-order valence-electron chi connectivity index (χ1n) is 3.89. The minimum atomic E-state index is -0.430. The standard InChI is InChI=1S/C10H4O3/c11-8-7-5-3-1-2-4-6(5)10(12)13-9(7)8/h1-4H. The SMILES string of the molecule is O=c1oc2c(=O)c2c2ccccc12. The minimum Gasteiger partial charge on any atom is -0.418 e. The van der Waals surface area contributed by atoms with Crippen LogP contribution >= 0.6 is 0 Å². The topological polar surface area (TPSA) is 47.3 Å². The Balaban J connectivity index is 2.77. The van der Waals surface area contributed by atoms with E-state index >= 15 is 0 Å². The molecule has 0 aliphatic heterocycles. The second-order valence-corrected chi connectivity index (χ2v) is 2.97. The first kappa shape index (κ1) is 6.60. The zero-order chi connectivity index (χ0) is 9.00. The Morgan fingerprint density at radius 1 is 1.00 bits per heavy atom. The highest BCUT2D eigenvalue weighted by atomic mass is 16.4. The summed E-state index contributed by atoms with van der Waals surface area (Å²) in [7, 11) is 0. The average Bonchev–Trinajstić information content (AvgIpc) is 2.78. The van der Waals surface area contributed by atoms with Crippen molar-refractivity contribution in [1.29, 1.82) is 0 Å². The molecule has 1 aromatic heterocycles. The molecular weight excluding hydrogens is 168 g/mol. The van der Waals surface area contributed by atoms with E-state index in [0.717, 1.165) is 0 Å². The molecule has 0 saturated carbocycles. The van der Waals surface area contributed by atoms with E-state index in [1.165, 1.54) is 0 Å². The number of benzene rings is 1. The lowest BCUT2D eigenvalue weighted by atomic mass is 10.2. The molecular formula is C10H4O3. The highest BCUT2D eigenvalue weighted by molar-refractivity contribution is 6.12. The van der Waals surface area contributed by atoms with E-state index in [1.807, 2.05) is 0 Å². The lowest BCUT2D eigenvalue weighted by molar-refractivity contribution is 0.575. The molecule has 0 radical (unpaired) electrons. The van der Waals surface area contributed by atoms with Crippen molar-refractivity contribution in [1.82, 2.24) is 0 Å². The second kappa shape index (κ2) is 1.88. The summed E-state index contributed by atoms with van der Waals surface area (Å²) < 4.78 is 4.79. The quantitative estimate of drug-likeness (QED) is 0.511. The molecule has 0 spiro atoms. The van der Waals surface area contributed by atoms with Gasteiger partial charge in [-0.15, -0.1) is 0 Å². The maximum atomic E-state index is 11.3. The van der Waals surface area contributed by atoms with Crippen LogP contribution in [0.2, 0.25) is 0 Å². The summed E-state index contributed by atoms with van der Waals surface area (Å²) >= 11 is 0. The lowest BCUT2D eigenvalue weighted by Crippen LogP contribution is -1.95. The number of hydrogen-bond donors (Lipinski definition) is 0. The van der Waals surface area contributed by atoms with Gasteiger partial charge in [-0.3, -0.25) is 4.79 Å². The smallest absolute Gasteiger partial charge is 0.344 e. The molecule has 3 nitrogen and oxygen atoms in total. The van der Waals surface area contributed by atoms with Crippen LogP contribution in [0.3, 0.4) is 0 Å². The molecule has 0 aliphatic carbocycles. The predicted molar refractivity (Wildman–Crippen MR) is 48.6 cm³/mol. The molecule has 0 saturated heterocycles. The van der Waals surface area contributed by atoms with Gasteiger partial charge >= 0.3 is 5.63 Å². The number of fused-ring (bicyclic) bond motifs is 3. The minimum absolute atomic E-state index is 0.140. The summed E-state index contributed by atoms with van der Waals surface area (Å²) in [5.41, 5.74) is -0.345. The Morgan fingerprint density at radius 3 is 2.46 bits per heavy atom. The van der Waals surface area contributed by atoms with Crippen molar-refractivity contribution in [3.8, 4) is 0 Å². The van der Waals surface area contributed by atoms with E-state index in [2.05, 4.69) is 0 Å². The monoisotopic (exact) mass is 172 g/mol. The molecule has 0 bridgehead atoms. The normalized spacial score (nSPS) is 11.7. The summed E-state index contributed by atoms with van der Waals surface area (Å²) in [6.45, 7) is 0. The van der Waals surface area contributed by atoms with Gasteiger partial charge in [0.15, 0.2) is 5.58 Å². The average molecular weight is 172 g/mol. The molecule has 2 aromatic carbocycles. The highest BCUT2D eigenvalue weighted by Gasteiger charge is 2.20. The van der Waals surface area contributed by atoms with Crippen LogP contribution in [0, 0.1) is 0 Å². The van der Waals surface area contributed by atoms with Gasteiger partial charge in [0.05, 0.1) is 10.8 Å². The third-order valence-electron chi connectivity index (χ3n) is 2.21. The molecule has 0 amide bonds. The van der Waals surface area contributed by atoms with E-state index in [0.29, 0.717) is 16.2 Å². The van der Waals surface area contributed by atoms with Crippen LogP contribution in [-0.4, -0.2) is 0 Å². The fourth-order valence-corrected chi connectivity index (χ4v) is 1.52. The maximum absolute atomic E-state index is 11.3. The summed E-state index contributed by atoms with van der Waals surface area (Å²) in [5.74, 6) is 0. The molecule has 0 aliphatic rings. The molecule has 0 N–H and O–H groups in total. The van der Waals surface area contributed by atoms with Crippen LogP contribution in [0.4, 0.5) is 0 Å². The van der Waals surface area contributed by atoms with Crippen molar-refractivity contribution in [2.45, 2.75) is 0 Å². The zero-order valence-electron chi connectivity index (χ0n) is 6.53. The van der Waals surface area contributed by atoms with Crippen LogP contribution in [0.1, 0.15) is 0 Å². The molecule has 0 fully saturated rings. The van der Waals surface area contributed by atoms with Gasteiger partial charge in [0, 0.05) is 5.39 Å². The van der Waals surface area contributed by atoms with Crippen molar-refractivity contribution in [3.63, 3.8) is 0 Å². The van der Waals surface area contributed by atoms with Crippen LogP contribution in [-0.2, 0) is 0 Å². The summed E-state index contributed by atoms with van der Waals surface area (Å²) in [5, 5.41) is 1.75. The fourth-order valence-electron chi connectivity index (χ4n) is 1.52. The summed E-state index contributed by atoms with van der Waals surface area (Å²) in [6, 6.07) is 6.97. The van der Waals surface area contributed by atoms with Gasteiger partial charge in [-0.25, -0.2) is 4.79 Å². The summed E-state index contributed by atoms with van der Waals surface area (Å²) in [4.78, 5) is 22.3. The number of rotatable bonds is 0. The van der Waals surface area contributed by atoms with Gasteiger partial charge in [-0.2, -0.15) is 0 Å². The fraction of sp³-hybridized carbons (Fsp3) is 0. The van der Waals surface area contributed by atoms with Crippen LogP contribution in [0.25, 0.3) is 21.7 Å². The first-order chi connectivity index (χ1) is 6.29. The van der Waals surface area contributed by atoms with E-state index in [4.69, 9.17) is 4.42 Å². The van der Waals surface area contributed by atoms with Gasteiger partial charge in [0.1, 0.15) is 0 Å². The Labute approximate surface area is 71.9 Å². The van der Waals surface area contributed by atoms with E-state index in [-0.39, 0.29) is 11.0 Å². The van der Waals surface area contributed by atoms with Gasteiger partial charge in [-0.1, -0.05) is 18.2 Å². The highest BCUT2D eigenvalue weighted by Crippen LogP contribution is 2.22. The molecule has 3 rings (SSSR count). The molecule has 62 valence electrons. The maximum Gasteiger partial charge on any atom is 0.344 e. The third-order valence-corrected chi connectivity index (χ3v) is 2.21. The first-order valence-corrected chi connectivity index (χ1v) is 3.89. The molecule has 0 unspecified atom stereocenters. The van der Waals surface area contributed by atoms with Gasteiger partial charge in [-0.05, 0) is 6.07 Å². The number of hydrogen-bond acceptors (Lipinski definition) is 3. The molecule has 3 aromatic rings. The van der Waals surface area contributed by atoms with Crippen molar-refractivity contribution < 1.29 is 4.42 Å². The van der Waals surface area contributed by atoms with Crippen LogP contribution in [0.15, 0.2) is 38.3 Å². The molecule has 13 heavy (non-hydrogen) atoms. The van der Waals surface area contributed by atoms with Crippen molar-refractivity contribution in [3.05, 3.63) is 44.9 Å². The zero-order valence-corrected chi connectivity index (χ0v) is 6.53. The lowest BCUT2D eigenvalue weighted by Gasteiger charge is -1.89.